The fourth-order valence-corrected chi connectivity index (χ4v) is 3.88. The maximum Gasteiger partial charge on any atom is 0.123 e. The first kappa shape index (κ1) is 12.6. The van der Waals surface area contributed by atoms with E-state index in [0.29, 0.717) is 6.04 Å². The molecule has 1 aromatic rings. The van der Waals surface area contributed by atoms with Gasteiger partial charge in [-0.3, -0.25) is 0 Å². The standard InChI is InChI=1S/C16H21FN2O/c17-13-1-2-16-12(7-13)8-14(20-16)9-18-15-10-19-5-3-11(15)4-6-19/h1-2,7,11,14-15,18H,3-6,8-10H2. The van der Waals surface area contributed by atoms with Crippen LogP contribution in [-0.4, -0.2) is 43.2 Å². The van der Waals surface area contributed by atoms with Crippen molar-refractivity contribution < 1.29 is 9.13 Å². The Bertz CT molecular complexity index is 499. The van der Waals surface area contributed by atoms with Crippen LogP contribution in [0.3, 0.4) is 0 Å². The third-order valence-corrected chi connectivity index (χ3v) is 5.03. The first-order chi connectivity index (χ1) is 9.78. The van der Waals surface area contributed by atoms with Crippen LogP contribution in [0, 0.1) is 11.7 Å². The van der Waals surface area contributed by atoms with Crippen LogP contribution >= 0.6 is 0 Å². The zero-order chi connectivity index (χ0) is 13.5. The summed E-state index contributed by atoms with van der Waals surface area (Å²) < 4.78 is 19.1. The summed E-state index contributed by atoms with van der Waals surface area (Å²) in [6.45, 7) is 4.59. The van der Waals surface area contributed by atoms with E-state index < -0.39 is 0 Å². The van der Waals surface area contributed by atoms with Crippen LogP contribution in [0.4, 0.5) is 4.39 Å². The Hall–Kier alpha value is -1.13. The number of rotatable bonds is 3. The second-order valence-corrected chi connectivity index (χ2v) is 6.35. The molecule has 4 aliphatic rings. The van der Waals surface area contributed by atoms with Gasteiger partial charge in [-0.15, -0.1) is 0 Å². The van der Waals surface area contributed by atoms with E-state index in [2.05, 4.69) is 10.2 Å². The van der Waals surface area contributed by atoms with Gasteiger partial charge in [0.05, 0.1) is 0 Å². The summed E-state index contributed by atoms with van der Waals surface area (Å²) >= 11 is 0. The molecular formula is C16H21FN2O. The zero-order valence-electron chi connectivity index (χ0n) is 11.6. The monoisotopic (exact) mass is 276 g/mol. The zero-order valence-corrected chi connectivity index (χ0v) is 11.6. The summed E-state index contributed by atoms with van der Waals surface area (Å²) in [6.07, 6.45) is 3.63. The van der Waals surface area contributed by atoms with Crippen LogP contribution in [0.5, 0.6) is 5.75 Å². The van der Waals surface area contributed by atoms with Crippen molar-refractivity contribution in [2.75, 3.05) is 26.2 Å². The van der Waals surface area contributed by atoms with Gasteiger partial charge in [0.15, 0.2) is 0 Å². The molecule has 0 spiro atoms. The Labute approximate surface area is 119 Å². The highest BCUT2D eigenvalue weighted by molar-refractivity contribution is 5.37. The predicted molar refractivity (Wildman–Crippen MR) is 75.5 cm³/mol. The van der Waals surface area contributed by atoms with Crippen molar-refractivity contribution in [2.24, 2.45) is 5.92 Å². The van der Waals surface area contributed by atoms with Crippen LogP contribution in [0.15, 0.2) is 18.2 Å². The quantitative estimate of drug-likeness (QED) is 0.911. The van der Waals surface area contributed by atoms with Crippen molar-refractivity contribution in [3.05, 3.63) is 29.6 Å². The fourth-order valence-electron chi connectivity index (χ4n) is 3.88. The molecule has 3 saturated heterocycles. The molecule has 4 heteroatoms. The Morgan fingerprint density at radius 3 is 2.90 bits per heavy atom. The molecule has 0 aromatic heterocycles. The minimum Gasteiger partial charge on any atom is -0.488 e. The molecule has 0 radical (unpaired) electrons. The van der Waals surface area contributed by atoms with Crippen LogP contribution in [0.25, 0.3) is 0 Å². The van der Waals surface area contributed by atoms with Crippen molar-refractivity contribution in [2.45, 2.75) is 31.4 Å². The van der Waals surface area contributed by atoms with Gasteiger partial charge in [0.25, 0.3) is 0 Å². The van der Waals surface area contributed by atoms with Gasteiger partial charge in [0.1, 0.15) is 17.7 Å². The van der Waals surface area contributed by atoms with Gasteiger partial charge in [0.2, 0.25) is 0 Å². The van der Waals surface area contributed by atoms with E-state index in [1.165, 1.54) is 38.5 Å². The second-order valence-electron chi connectivity index (χ2n) is 6.35. The molecule has 4 heterocycles. The lowest BCUT2D eigenvalue weighted by molar-refractivity contribution is 0.0673. The Morgan fingerprint density at radius 1 is 1.30 bits per heavy atom. The van der Waals surface area contributed by atoms with E-state index >= 15 is 0 Å². The number of fused-ring (bicyclic) bond motifs is 4. The third-order valence-electron chi connectivity index (χ3n) is 5.03. The summed E-state index contributed by atoms with van der Waals surface area (Å²) in [5.41, 5.74) is 1.01. The molecule has 0 aliphatic carbocycles. The summed E-state index contributed by atoms with van der Waals surface area (Å²) in [6, 6.07) is 5.44. The molecule has 2 bridgehead atoms. The molecule has 20 heavy (non-hydrogen) atoms. The number of nitrogens with zero attached hydrogens (tertiary/aromatic N) is 1. The van der Waals surface area contributed by atoms with E-state index in [4.69, 9.17) is 4.74 Å². The van der Waals surface area contributed by atoms with Crippen LogP contribution in [-0.2, 0) is 6.42 Å². The second kappa shape index (κ2) is 5.01. The molecule has 0 amide bonds. The van der Waals surface area contributed by atoms with Crippen LogP contribution < -0.4 is 10.1 Å². The number of piperidine rings is 3. The highest BCUT2D eigenvalue weighted by Crippen LogP contribution is 2.30. The van der Waals surface area contributed by atoms with Gasteiger partial charge >= 0.3 is 0 Å². The fraction of sp³-hybridized carbons (Fsp3) is 0.625. The van der Waals surface area contributed by atoms with Crippen molar-refractivity contribution in [1.29, 1.82) is 0 Å². The maximum atomic E-state index is 13.2. The average Bonchev–Trinajstić information content (AvgIpc) is 2.88. The molecular weight excluding hydrogens is 255 g/mol. The van der Waals surface area contributed by atoms with E-state index in [0.717, 1.165) is 30.2 Å². The van der Waals surface area contributed by atoms with Gasteiger partial charge in [-0.05, 0) is 50.0 Å². The Kier molecular flexibility index (Phi) is 3.15. The lowest BCUT2D eigenvalue weighted by Crippen LogP contribution is -2.57. The molecule has 2 unspecified atom stereocenters. The van der Waals surface area contributed by atoms with Gasteiger partial charge in [-0.1, -0.05) is 0 Å². The molecule has 5 rings (SSSR count). The number of ether oxygens (including phenoxy) is 1. The molecule has 108 valence electrons. The minimum absolute atomic E-state index is 0.155. The van der Waals surface area contributed by atoms with Gasteiger partial charge in [0, 0.05) is 31.1 Å². The van der Waals surface area contributed by atoms with E-state index in [1.54, 1.807) is 12.1 Å². The summed E-state index contributed by atoms with van der Waals surface area (Å²) in [5.74, 6) is 1.52. The third kappa shape index (κ3) is 2.31. The normalized spacial score (nSPS) is 34.9. The highest BCUT2D eigenvalue weighted by Gasteiger charge is 2.34. The minimum atomic E-state index is -0.168. The largest absolute Gasteiger partial charge is 0.488 e. The molecule has 1 aromatic carbocycles. The number of halogens is 1. The van der Waals surface area contributed by atoms with Crippen LogP contribution in [0.2, 0.25) is 0 Å². The van der Waals surface area contributed by atoms with Crippen molar-refractivity contribution >= 4 is 0 Å². The molecule has 3 nitrogen and oxygen atoms in total. The SMILES string of the molecule is Fc1ccc2c(c1)CC(CNC1CN3CCC1CC3)O2. The van der Waals surface area contributed by atoms with Crippen LogP contribution in [0.1, 0.15) is 18.4 Å². The first-order valence-electron chi connectivity index (χ1n) is 7.69. The van der Waals surface area contributed by atoms with Gasteiger partial charge in [-0.2, -0.15) is 0 Å². The predicted octanol–water partition coefficient (Wildman–Crippen LogP) is 1.81. The lowest BCUT2D eigenvalue weighted by atomic mass is 9.84. The summed E-state index contributed by atoms with van der Waals surface area (Å²) in [5, 5.41) is 3.68. The van der Waals surface area contributed by atoms with E-state index in [-0.39, 0.29) is 11.9 Å². The smallest absolute Gasteiger partial charge is 0.123 e. The van der Waals surface area contributed by atoms with E-state index in [1.807, 2.05) is 0 Å². The summed E-state index contributed by atoms with van der Waals surface area (Å²) in [4.78, 5) is 2.55. The molecule has 2 atom stereocenters. The topological polar surface area (TPSA) is 24.5 Å². The molecule has 0 saturated carbocycles. The first-order valence-corrected chi connectivity index (χ1v) is 7.69. The van der Waals surface area contributed by atoms with Crippen molar-refractivity contribution in [3.8, 4) is 5.75 Å². The molecule has 4 aliphatic heterocycles. The average molecular weight is 276 g/mol. The van der Waals surface area contributed by atoms with Crippen molar-refractivity contribution in [1.82, 2.24) is 10.2 Å². The summed E-state index contributed by atoms with van der Waals surface area (Å²) in [7, 11) is 0. The number of nitrogens with one attached hydrogen (secondary N) is 1. The van der Waals surface area contributed by atoms with E-state index in [9.17, 15) is 4.39 Å². The maximum absolute atomic E-state index is 13.2. The van der Waals surface area contributed by atoms with Crippen molar-refractivity contribution in [3.63, 3.8) is 0 Å². The Balaban J connectivity index is 1.33. The number of hydrogen-bond acceptors (Lipinski definition) is 3. The number of hydrogen-bond donors (Lipinski definition) is 1. The lowest BCUT2D eigenvalue weighted by Gasteiger charge is -2.45. The Morgan fingerprint density at radius 2 is 2.15 bits per heavy atom. The molecule has 3 fully saturated rings. The van der Waals surface area contributed by atoms with Gasteiger partial charge < -0.3 is 15.0 Å². The highest BCUT2D eigenvalue weighted by atomic mass is 19.1. The van der Waals surface area contributed by atoms with Gasteiger partial charge in [-0.25, -0.2) is 4.39 Å². The molecule has 1 N–H and O–H groups in total. The number of benzene rings is 1.